The normalized spacial score (nSPS) is 11.0. The van der Waals surface area contributed by atoms with Gasteiger partial charge in [0.2, 0.25) is 0 Å². The van der Waals surface area contributed by atoms with Crippen LogP contribution in [-0.4, -0.2) is 41.7 Å². The van der Waals surface area contributed by atoms with E-state index in [4.69, 9.17) is 20.9 Å². The van der Waals surface area contributed by atoms with E-state index in [0.717, 1.165) is 16.9 Å². The van der Waals surface area contributed by atoms with Gasteiger partial charge in [-0.2, -0.15) is 0 Å². The first-order valence-corrected chi connectivity index (χ1v) is 12.1. The molecule has 0 aliphatic rings. The largest absolute Gasteiger partial charge is 0.491 e. The highest BCUT2D eigenvalue weighted by Crippen LogP contribution is 2.39. The first-order chi connectivity index (χ1) is 17.0. The molecule has 3 aromatic rings. The summed E-state index contributed by atoms with van der Waals surface area (Å²) in [5.74, 6) is -0.141. The maximum atomic E-state index is 12.8. The number of anilines is 1. The summed E-state index contributed by atoms with van der Waals surface area (Å²) >= 11 is 1.16. The van der Waals surface area contributed by atoms with Crippen molar-refractivity contribution in [2.75, 3.05) is 18.5 Å². The standard InChI is InChI=1S/C26H30N4O5S/c1-26(2,3)35-25(33)30(16-17-9-5-4-6-10-17)13-14-34-20-12-8-7-11-18(20)21-15-19(22(27)31)23(36-21)29-24(28)32/h4-12,15H,13-14,16H2,1-3H3,(H2,27,31)(H3,28,29,32). The van der Waals surface area contributed by atoms with E-state index in [9.17, 15) is 14.4 Å². The number of urea groups is 1. The van der Waals surface area contributed by atoms with Crippen molar-refractivity contribution in [2.45, 2.75) is 32.9 Å². The number of carbonyl (C=O) groups excluding carboxylic acids is 3. The Morgan fingerprint density at radius 2 is 1.67 bits per heavy atom. The number of nitrogens with zero attached hydrogens (tertiary/aromatic N) is 1. The zero-order valence-electron chi connectivity index (χ0n) is 20.4. The molecule has 1 aromatic heterocycles. The number of rotatable bonds is 9. The van der Waals surface area contributed by atoms with Crippen molar-refractivity contribution in [1.29, 1.82) is 0 Å². The summed E-state index contributed by atoms with van der Waals surface area (Å²) in [7, 11) is 0. The number of nitrogens with one attached hydrogen (secondary N) is 1. The Balaban J connectivity index is 1.78. The van der Waals surface area contributed by atoms with Crippen molar-refractivity contribution in [3.63, 3.8) is 0 Å². The molecule has 9 nitrogen and oxygen atoms in total. The fraction of sp³-hybridized carbons (Fsp3) is 0.269. The van der Waals surface area contributed by atoms with Gasteiger partial charge in [-0.05, 0) is 44.5 Å². The fourth-order valence-electron chi connectivity index (χ4n) is 3.34. The monoisotopic (exact) mass is 510 g/mol. The lowest BCUT2D eigenvalue weighted by molar-refractivity contribution is 0.0209. The van der Waals surface area contributed by atoms with E-state index in [0.29, 0.717) is 22.7 Å². The number of benzene rings is 2. The van der Waals surface area contributed by atoms with Gasteiger partial charge in [0.15, 0.2) is 0 Å². The van der Waals surface area contributed by atoms with Crippen molar-refractivity contribution in [3.8, 4) is 16.2 Å². The number of nitrogens with two attached hydrogens (primary N) is 2. The molecule has 36 heavy (non-hydrogen) atoms. The summed E-state index contributed by atoms with van der Waals surface area (Å²) in [6.45, 7) is 6.31. The molecule has 5 N–H and O–H groups in total. The average Bonchev–Trinajstić information content (AvgIpc) is 3.21. The third-order valence-corrected chi connectivity index (χ3v) is 5.96. The lowest BCUT2D eigenvalue weighted by atomic mass is 10.1. The smallest absolute Gasteiger partial charge is 0.410 e. The van der Waals surface area contributed by atoms with Crippen LogP contribution in [0.5, 0.6) is 5.75 Å². The summed E-state index contributed by atoms with van der Waals surface area (Å²) in [6, 6.07) is 17.7. The third kappa shape index (κ3) is 7.47. The summed E-state index contributed by atoms with van der Waals surface area (Å²) in [6.07, 6.45) is -0.435. The molecule has 4 amide bonds. The molecule has 3 rings (SSSR count). The second kappa shape index (κ2) is 11.6. The topological polar surface area (TPSA) is 137 Å². The third-order valence-electron chi connectivity index (χ3n) is 4.87. The predicted molar refractivity (Wildman–Crippen MR) is 140 cm³/mol. The second-order valence-electron chi connectivity index (χ2n) is 8.94. The van der Waals surface area contributed by atoms with Gasteiger partial charge < -0.3 is 25.8 Å². The SMILES string of the molecule is CC(C)(C)OC(=O)N(CCOc1ccccc1-c1cc(C(N)=O)c(NC(N)=O)s1)Cc1ccccc1. The number of para-hydroxylation sites is 1. The summed E-state index contributed by atoms with van der Waals surface area (Å²) < 4.78 is 11.6. The number of carbonyl (C=O) groups is 3. The molecule has 0 radical (unpaired) electrons. The van der Waals surface area contributed by atoms with E-state index in [2.05, 4.69) is 5.32 Å². The van der Waals surface area contributed by atoms with Crippen molar-refractivity contribution < 1.29 is 23.9 Å². The van der Waals surface area contributed by atoms with Gasteiger partial charge in [-0.15, -0.1) is 11.3 Å². The van der Waals surface area contributed by atoms with E-state index in [1.807, 2.05) is 69.3 Å². The maximum Gasteiger partial charge on any atom is 0.410 e. The molecule has 0 saturated carbocycles. The lowest BCUT2D eigenvalue weighted by Crippen LogP contribution is -2.38. The summed E-state index contributed by atoms with van der Waals surface area (Å²) in [5, 5.41) is 2.70. The number of primary amides is 2. The Morgan fingerprint density at radius 1 is 1.00 bits per heavy atom. The van der Waals surface area contributed by atoms with E-state index in [1.165, 1.54) is 0 Å². The highest BCUT2D eigenvalue weighted by atomic mass is 32.1. The van der Waals surface area contributed by atoms with E-state index < -0.39 is 23.6 Å². The van der Waals surface area contributed by atoms with Crippen molar-refractivity contribution >= 4 is 34.4 Å². The molecule has 0 fully saturated rings. The van der Waals surface area contributed by atoms with Crippen molar-refractivity contribution in [3.05, 3.63) is 71.8 Å². The fourth-order valence-corrected chi connectivity index (χ4v) is 4.43. The van der Waals surface area contributed by atoms with Crippen LogP contribution in [0.4, 0.5) is 14.6 Å². The van der Waals surface area contributed by atoms with Crippen molar-refractivity contribution in [2.24, 2.45) is 11.5 Å². The van der Waals surface area contributed by atoms with Gasteiger partial charge in [0.05, 0.1) is 12.1 Å². The van der Waals surface area contributed by atoms with E-state index in [1.54, 1.807) is 17.0 Å². The molecule has 0 bridgehead atoms. The molecule has 0 unspecified atom stereocenters. The second-order valence-corrected chi connectivity index (χ2v) is 9.99. The number of hydrogen-bond acceptors (Lipinski definition) is 6. The Kier molecular flexibility index (Phi) is 8.55. The van der Waals surface area contributed by atoms with Gasteiger partial charge in [-0.1, -0.05) is 42.5 Å². The Labute approximate surface area is 214 Å². The van der Waals surface area contributed by atoms with Crippen LogP contribution < -0.4 is 21.5 Å². The minimum absolute atomic E-state index is 0.155. The van der Waals surface area contributed by atoms with Crippen LogP contribution in [0, 0.1) is 0 Å². The molecule has 0 atom stereocenters. The molecule has 0 aliphatic heterocycles. The molecule has 190 valence electrons. The predicted octanol–water partition coefficient (Wildman–Crippen LogP) is 4.82. The average molecular weight is 511 g/mol. The first-order valence-electron chi connectivity index (χ1n) is 11.3. The molecular weight excluding hydrogens is 480 g/mol. The minimum Gasteiger partial charge on any atom is -0.491 e. The quantitative estimate of drug-likeness (QED) is 0.379. The van der Waals surface area contributed by atoms with Gasteiger partial charge in [0, 0.05) is 17.0 Å². The molecular formula is C26H30N4O5S. The molecule has 2 aromatic carbocycles. The van der Waals surface area contributed by atoms with Gasteiger partial charge in [0.25, 0.3) is 5.91 Å². The van der Waals surface area contributed by atoms with Crippen LogP contribution in [0.25, 0.3) is 10.4 Å². The zero-order valence-corrected chi connectivity index (χ0v) is 21.3. The number of hydrogen-bond donors (Lipinski definition) is 3. The highest BCUT2D eigenvalue weighted by molar-refractivity contribution is 7.20. The minimum atomic E-state index is -0.795. The number of amides is 4. The van der Waals surface area contributed by atoms with Gasteiger partial charge in [0.1, 0.15) is 23.0 Å². The lowest BCUT2D eigenvalue weighted by Gasteiger charge is -2.27. The molecule has 0 spiro atoms. The van der Waals surface area contributed by atoms with Gasteiger partial charge >= 0.3 is 12.1 Å². The Bertz CT molecular complexity index is 1220. The highest BCUT2D eigenvalue weighted by Gasteiger charge is 2.23. The van der Waals surface area contributed by atoms with E-state index >= 15 is 0 Å². The maximum absolute atomic E-state index is 12.8. The van der Waals surface area contributed by atoms with Gasteiger partial charge in [-0.25, -0.2) is 9.59 Å². The van der Waals surface area contributed by atoms with Crippen LogP contribution in [0.1, 0.15) is 36.7 Å². The van der Waals surface area contributed by atoms with Crippen molar-refractivity contribution in [1.82, 2.24) is 4.90 Å². The van der Waals surface area contributed by atoms with Crippen LogP contribution in [0.15, 0.2) is 60.7 Å². The zero-order chi connectivity index (χ0) is 26.3. The van der Waals surface area contributed by atoms with Crippen LogP contribution in [0.2, 0.25) is 0 Å². The van der Waals surface area contributed by atoms with Crippen LogP contribution in [0.3, 0.4) is 0 Å². The summed E-state index contributed by atoms with van der Waals surface area (Å²) in [4.78, 5) is 38.3. The first kappa shape index (κ1) is 26.6. The summed E-state index contributed by atoms with van der Waals surface area (Å²) in [5.41, 5.74) is 11.9. The van der Waals surface area contributed by atoms with E-state index in [-0.39, 0.29) is 23.7 Å². The van der Waals surface area contributed by atoms with Crippen LogP contribution in [-0.2, 0) is 11.3 Å². The molecule has 10 heteroatoms. The van der Waals surface area contributed by atoms with Crippen LogP contribution >= 0.6 is 11.3 Å². The number of ether oxygens (including phenoxy) is 2. The Morgan fingerprint density at radius 3 is 2.31 bits per heavy atom. The molecule has 0 saturated heterocycles. The number of thiophene rings is 1. The van der Waals surface area contributed by atoms with Gasteiger partial charge in [-0.3, -0.25) is 10.1 Å². The molecule has 1 heterocycles. The Hall–Kier alpha value is -4.05. The molecule has 0 aliphatic carbocycles.